The van der Waals surface area contributed by atoms with Gasteiger partial charge in [-0.2, -0.15) is 0 Å². The lowest BCUT2D eigenvalue weighted by molar-refractivity contribution is -0.138. The Morgan fingerprint density at radius 2 is 1.69 bits per heavy atom. The number of rotatable bonds is 3. The first-order valence-electron chi connectivity index (χ1n) is 10.3. The number of nitrogens with one attached hydrogen (secondary N) is 1. The van der Waals surface area contributed by atoms with Gasteiger partial charge in [-0.1, -0.05) is 36.4 Å². The number of anilines is 1. The van der Waals surface area contributed by atoms with Gasteiger partial charge >= 0.3 is 0 Å². The molecular formula is C24H32N2O3. The molecule has 2 aromatic rings. The number of carbonyl (C=O) groups is 1. The van der Waals surface area contributed by atoms with E-state index in [1.165, 1.54) is 16.8 Å². The third kappa shape index (κ3) is 5.58. The van der Waals surface area contributed by atoms with Gasteiger partial charge in [-0.15, -0.1) is 0 Å². The Labute approximate surface area is 173 Å². The smallest absolute Gasteiger partial charge is 0.293 e. The van der Waals surface area contributed by atoms with Crippen molar-refractivity contribution >= 4 is 12.2 Å². The van der Waals surface area contributed by atoms with Crippen LogP contribution in [0.25, 0.3) is 0 Å². The Bertz CT molecular complexity index is 807. The molecule has 2 aliphatic rings. The Hall–Kier alpha value is -2.37. The molecule has 0 radical (unpaired) electrons. The molecule has 2 N–H and O–H groups in total. The number of aliphatic hydroxyl groups is 1. The summed E-state index contributed by atoms with van der Waals surface area (Å²) in [5, 5.41) is 14.3. The third-order valence-electron chi connectivity index (χ3n) is 5.49. The molecule has 0 saturated carbocycles. The van der Waals surface area contributed by atoms with Crippen LogP contribution >= 0.6 is 0 Å². The van der Waals surface area contributed by atoms with Crippen LogP contribution in [0.5, 0.6) is 0 Å². The monoisotopic (exact) mass is 396 g/mol. The zero-order valence-electron chi connectivity index (χ0n) is 17.6. The highest BCUT2D eigenvalue weighted by molar-refractivity contribution is 5.52. The summed E-state index contributed by atoms with van der Waals surface area (Å²) in [6.45, 7) is 9.69. The van der Waals surface area contributed by atoms with Crippen molar-refractivity contribution in [2.75, 3.05) is 18.0 Å². The number of ether oxygens (including phenoxy) is 1. The van der Waals surface area contributed by atoms with Gasteiger partial charge in [-0.05, 0) is 62.4 Å². The summed E-state index contributed by atoms with van der Waals surface area (Å²) in [6, 6.07) is 16.9. The SMILES string of the molecule is CC(C)(C)OC=O.OC1(c2ccccc2)CCN(c2ccc3c(c2)CNC3)CC1. The number of nitrogens with zero attached hydrogens (tertiary/aromatic N) is 1. The highest BCUT2D eigenvalue weighted by Gasteiger charge is 2.34. The first kappa shape index (κ1) is 21.3. The standard InChI is InChI=1S/C19H22N2O.C5H10O2/c22-19(17-4-2-1-3-5-17)8-10-21(11-9-19)18-7-6-15-13-20-14-16(15)12-18;1-5(2,3)7-4-6/h1-7,12,20,22H,8-11,13-14H2;4H,1-3H3. The molecule has 0 atom stereocenters. The van der Waals surface area contributed by atoms with E-state index in [4.69, 9.17) is 0 Å². The van der Waals surface area contributed by atoms with E-state index < -0.39 is 5.60 Å². The zero-order chi connectivity index (χ0) is 20.9. The molecule has 2 aliphatic heterocycles. The Morgan fingerprint density at radius 1 is 1.03 bits per heavy atom. The number of carbonyl (C=O) groups excluding carboxylic acids is 1. The van der Waals surface area contributed by atoms with E-state index in [-0.39, 0.29) is 5.60 Å². The summed E-state index contributed by atoms with van der Waals surface area (Å²) in [4.78, 5) is 12.0. The average molecular weight is 397 g/mol. The van der Waals surface area contributed by atoms with Crippen molar-refractivity contribution in [1.29, 1.82) is 0 Å². The van der Waals surface area contributed by atoms with Crippen LogP contribution in [0, 0.1) is 0 Å². The van der Waals surface area contributed by atoms with Crippen molar-refractivity contribution < 1.29 is 14.6 Å². The van der Waals surface area contributed by atoms with Gasteiger partial charge in [0.05, 0.1) is 5.60 Å². The van der Waals surface area contributed by atoms with Crippen LogP contribution in [0.2, 0.25) is 0 Å². The first-order valence-corrected chi connectivity index (χ1v) is 10.3. The largest absolute Gasteiger partial charge is 0.462 e. The molecule has 0 aliphatic carbocycles. The summed E-state index contributed by atoms with van der Waals surface area (Å²) in [5.74, 6) is 0. The van der Waals surface area contributed by atoms with E-state index in [9.17, 15) is 9.90 Å². The van der Waals surface area contributed by atoms with E-state index in [1.807, 2.05) is 51.1 Å². The summed E-state index contributed by atoms with van der Waals surface area (Å²) >= 11 is 0. The molecule has 1 fully saturated rings. The fourth-order valence-corrected chi connectivity index (χ4v) is 3.79. The normalized spacial score (nSPS) is 17.7. The molecule has 29 heavy (non-hydrogen) atoms. The van der Waals surface area contributed by atoms with Crippen molar-refractivity contribution in [3.63, 3.8) is 0 Å². The Balaban J connectivity index is 0.000000298. The van der Waals surface area contributed by atoms with Crippen LogP contribution in [0.1, 0.15) is 50.3 Å². The maximum Gasteiger partial charge on any atom is 0.293 e. The van der Waals surface area contributed by atoms with E-state index in [1.54, 1.807) is 0 Å². The molecule has 5 heteroatoms. The number of benzene rings is 2. The summed E-state index contributed by atoms with van der Waals surface area (Å²) in [6.07, 6.45) is 1.57. The Morgan fingerprint density at radius 3 is 2.28 bits per heavy atom. The summed E-state index contributed by atoms with van der Waals surface area (Å²) in [5.41, 5.74) is 4.19. The van der Waals surface area contributed by atoms with Crippen LogP contribution in [-0.4, -0.2) is 30.3 Å². The molecule has 1 saturated heterocycles. The molecule has 0 bridgehead atoms. The van der Waals surface area contributed by atoms with Crippen LogP contribution in [0.3, 0.4) is 0 Å². The first-order chi connectivity index (χ1) is 13.8. The fraction of sp³-hybridized carbons (Fsp3) is 0.458. The fourth-order valence-electron chi connectivity index (χ4n) is 3.79. The van der Waals surface area contributed by atoms with Crippen molar-refractivity contribution in [2.24, 2.45) is 0 Å². The van der Waals surface area contributed by atoms with E-state index in [0.29, 0.717) is 6.47 Å². The highest BCUT2D eigenvalue weighted by atomic mass is 16.5. The molecule has 5 nitrogen and oxygen atoms in total. The lowest BCUT2D eigenvalue weighted by Gasteiger charge is -2.39. The number of fused-ring (bicyclic) bond motifs is 1. The second-order valence-electron chi connectivity index (χ2n) is 8.77. The second-order valence-corrected chi connectivity index (χ2v) is 8.77. The van der Waals surface area contributed by atoms with Gasteiger partial charge in [0.15, 0.2) is 0 Å². The number of piperidine rings is 1. The minimum Gasteiger partial charge on any atom is -0.462 e. The lowest BCUT2D eigenvalue weighted by Crippen LogP contribution is -2.42. The van der Waals surface area contributed by atoms with E-state index >= 15 is 0 Å². The molecule has 0 unspecified atom stereocenters. The highest BCUT2D eigenvalue weighted by Crippen LogP contribution is 2.35. The maximum atomic E-state index is 10.9. The van der Waals surface area contributed by atoms with Gasteiger partial charge < -0.3 is 20.1 Å². The van der Waals surface area contributed by atoms with Crippen molar-refractivity contribution in [1.82, 2.24) is 5.32 Å². The van der Waals surface area contributed by atoms with Gasteiger partial charge in [-0.3, -0.25) is 4.79 Å². The predicted molar refractivity (Wildman–Crippen MR) is 116 cm³/mol. The molecule has 2 aromatic carbocycles. The lowest BCUT2D eigenvalue weighted by atomic mass is 9.84. The molecular weight excluding hydrogens is 364 g/mol. The zero-order valence-corrected chi connectivity index (χ0v) is 17.6. The van der Waals surface area contributed by atoms with Crippen molar-refractivity contribution in [2.45, 2.75) is 57.9 Å². The number of hydrogen-bond acceptors (Lipinski definition) is 5. The van der Waals surface area contributed by atoms with Crippen molar-refractivity contribution in [3.05, 3.63) is 65.2 Å². The minimum atomic E-state index is -0.671. The van der Waals surface area contributed by atoms with Gasteiger partial charge in [-0.25, -0.2) is 0 Å². The third-order valence-corrected chi connectivity index (χ3v) is 5.49. The predicted octanol–water partition coefficient (Wildman–Crippen LogP) is 3.74. The van der Waals surface area contributed by atoms with Gasteiger partial charge in [0, 0.05) is 31.9 Å². The van der Waals surface area contributed by atoms with Gasteiger partial charge in [0.2, 0.25) is 0 Å². The Kier molecular flexibility index (Phi) is 6.60. The van der Waals surface area contributed by atoms with Crippen LogP contribution in [0.15, 0.2) is 48.5 Å². The molecule has 0 aromatic heterocycles. The van der Waals surface area contributed by atoms with Crippen LogP contribution < -0.4 is 10.2 Å². The minimum absolute atomic E-state index is 0.318. The topological polar surface area (TPSA) is 61.8 Å². The van der Waals surface area contributed by atoms with E-state index in [0.717, 1.165) is 44.6 Å². The summed E-state index contributed by atoms with van der Waals surface area (Å²) < 4.78 is 4.55. The van der Waals surface area contributed by atoms with Crippen LogP contribution in [-0.2, 0) is 28.2 Å². The average Bonchev–Trinajstić information content (AvgIpc) is 3.17. The summed E-state index contributed by atoms with van der Waals surface area (Å²) in [7, 11) is 0. The molecule has 156 valence electrons. The molecule has 4 rings (SSSR count). The molecule has 0 amide bonds. The van der Waals surface area contributed by atoms with Gasteiger partial charge in [0.25, 0.3) is 6.47 Å². The number of hydrogen-bond donors (Lipinski definition) is 2. The van der Waals surface area contributed by atoms with E-state index in [2.05, 4.69) is 33.2 Å². The van der Waals surface area contributed by atoms with Crippen LogP contribution in [0.4, 0.5) is 5.69 Å². The molecule has 2 heterocycles. The quantitative estimate of drug-likeness (QED) is 0.774. The second kappa shape index (κ2) is 8.97. The molecule has 0 spiro atoms. The van der Waals surface area contributed by atoms with Crippen molar-refractivity contribution in [3.8, 4) is 0 Å². The maximum absolute atomic E-state index is 10.9. The van der Waals surface area contributed by atoms with Gasteiger partial charge in [0.1, 0.15) is 5.60 Å².